The summed E-state index contributed by atoms with van der Waals surface area (Å²) in [5, 5.41) is 14.3. The molecule has 2 atom stereocenters. The summed E-state index contributed by atoms with van der Waals surface area (Å²) in [4.78, 5) is 10.4. The Morgan fingerprint density at radius 2 is 2.26 bits per heavy atom. The number of benzene rings is 1. The quantitative estimate of drug-likeness (QED) is 0.607. The normalized spacial score (nSPS) is 18.0. The van der Waals surface area contributed by atoms with Crippen LogP contribution in [0.2, 0.25) is 0 Å². The molecule has 1 aliphatic carbocycles. The van der Waals surface area contributed by atoms with Crippen LogP contribution in [0.4, 0.5) is 5.69 Å². The van der Waals surface area contributed by atoms with Crippen LogP contribution in [0.25, 0.3) is 0 Å². The number of nitro benzene ring substituents is 1. The van der Waals surface area contributed by atoms with E-state index in [4.69, 9.17) is 4.74 Å². The van der Waals surface area contributed by atoms with Crippen LogP contribution in [0.5, 0.6) is 0 Å². The van der Waals surface area contributed by atoms with Gasteiger partial charge < -0.3 is 10.1 Å². The smallest absolute Gasteiger partial charge is 0.269 e. The fourth-order valence-electron chi connectivity index (χ4n) is 2.32. The van der Waals surface area contributed by atoms with Crippen molar-refractivity contribution in [2.75, 3.05) is 13.7 Å². The molecule has 0 spiro atoms. The van der Waals surface area contributed by atoms with E-state index >= 15 is 0 Å². The maximum atomic E-state index is 10.8. The lowest BCUT2D eigenvalue weighted by molar-refractivity contribution is -0.384. The highest BCUT2D eigenvalue weighted by Crippen LogP contribution is 2.34. The SMILES string of the molecule is COCC(NC(C)c1cccc([N+](=O)[O-])c1)C1CC1. The maximum absolute atomic E-state index is 10.8. The molecule has 104 valence electrons. The molecule has 2 unspecified atom stereocenters. The minimum Gasteiger partial charge on any atom is -0.383 e. The molecular formula is C14H20N2O3. The zero-order valence-electron chi connectivity index (χ0n) is 11.3. The van der Waals surface area contributed by atoms with Crippen molar-refractivity contribution in [2.24, 2.45) is 5.92 Å². The largest absolute Gasteiger partial charge is 0.383 e. The number of nitrogens with zero attached hydrogens (tertiary/aromatic N) is 1. The minimum atomic E-state index is -0.357. The van der Waals surface area contributed by atoms with E-state index in [-0.39, 0.29) is 16.7 Å². The van der Waals surface area contributed by atoms with E-state index in [9.17, 15) is 10.1 Å². The molecule has 1 aromatic rings. The molecule has 0 heterocycles. The number of nitro groups is 1. The molecule has 5 heteroatoms. The summed E-state index contributed by atoms with van der Waals surface area (Å²) in [5.74, 6) is 0.682. The molecule has 0 aromatic heterocycles. The Labute approximate surface area is 113 Å². The number of rotatable bonds is 7. The first-order valence-corrected chi connectivity index (χ1v) is 6.61. The number of non-ortho nitro benzene ring substituents is 1. The highest BCUT2D eigenvalue weighted by atomic mass is 16.6. The molecule has 0 aliphatic heterocycles. The van der Waals surface area contributed by atoms with E-state index in [1.165, 1.54) is 18.9 Å². The first-order chi connectivity index (χ1) is 9.11. The van der Waals surface area contributed by atoms with Crippen molar-refractivity contribution in [1.29, 1.82) is 0 Å². The Morgan fingerprint density at radius 1 is 1.53 bits per heavy atom. The lowest BCUT2D eigenvalue weighted by atomic mass is 10.1. The summed E-state index contributed by atoms with van der Waals surface area (Å²) >= 11 is 0. The Hall–Kier alpha value is -1.46. The van der Waals surface area contributed by atoms with Crippen LogP contribution in [-0.4, -0.2) is 24.7 Å². The summed E-state index contributed by atoms with van der Waals surface area (Å²) in [6.45, 7) is 2.72. The van der Waals surface area contributed by atoms with Crippen molar-refractivity contribution in [3.05, 3.63) is 39.9 Å². The third kappa shape index (κ3) is 3.75. The first kappa shape index (κ1) is 14.0. The fourth-order valence-corrected chi connectivity index (χ4v) is 2.32. The first-order valence-electron chi connectivity index (χ1n) is 6.61. The standard InChI is InChI=1S/C14H20N2O3/c1-10(15-14(9-19-2)11-6-7-11)12-4-3-5-13(8-12)16(17)18/h3-5,8,10-11,14-15H,6-7,9H2,1-2H3. The zero-order valence-corrected chi connectivity index (χ0v) is 11.3. The summed E-state index contributed by atoms with van der Waals surface area (Å²) < 4.78 is 5.23. The molecule has 0 radical (unpaired) electrons. The Kier molecular flexibility index (Phi) is 4.50. The third-order valence-electron chi connectivity index (χ3n) is 3.58. The number of nitrogens with one attached hydrogen (secondary N) is 1. The van der Waals surface area contributed by atoms with Gasteiger partial charge in [-0.15, -0.1) is 0 Å². The molecule has 0 saturated heterocycles. The van der Waals surface area contributed by atoms with Crippen LogP contribution in [0.3, 0.4) is 0 Å². The van der Waals surface area contributed by atoms with Crippen molar-refractivity contribution in [3.63, 3.8) is 0 Å². The second-order valence-electron chi connectivity index (χ2n) is 5.14. The van der Waals surface area contributed by atoms with Gasteiger partial charge in [0.05, 0.1) is 11.5 Å². The van der Waals surface area contributed by atoms with Gasteiger partial charge in [0, 0.05) is 31.3 Å². The molecule has 1 aliphatic rings. The third-order valence-corrected chi connectivity index (χ3v) is 3.58. The van der Waals surface area contributed by atoms with Crippen molar-refractivity contribution in [3.8, 4) is 0 Å². The predicted octanol–water partition coefficient (Wildman–Crippen LogP) is 2.67. The number of hydrogen-bond acceptors (Lipinski definition) is 4. The number of methoxy groups -OCH3 is 1. The lowest BCUT2D eigenvalue weighted by Gasteiger charge is -2.22. The van der Waals surface area contributed by atoms with Gasteiger partial charge in [-0.2, -0.15) is 0 Å². The summed E-state index contributed by atoms with van der Waals surface area (Å²) in [5.41, 5.74) is 1.08. The van der Waals surface area contributed by atoms with Gasteiger partial charge in [0.1, 0.15) is 0 Å². The summed E-state index contributed by atoms with van der Waals surface area (Å²) in [6, 6.07) is 7.22. The summed E-state index contributed by atoms with van der Waals surface area (Å²) in [6.07, 6.45) is 2.48. The molecular weight excluding hydrogens is 244 g/mol. The van der Waals surface area contributed by atoms with Crippen LogP contribution in [0, 0.1) is 16.0 Å². The van der Waals surface area contributed by atoms with Gasteiger partial charge in [0.25, 0.3) is 5.69 Å². The van der Waals surface area contributed by atoms with E-state index in [1.54, 1.807) is 19.2 Å². The van der Waals surface area contributed by atoms with Crippen LogP contribution >= 0.6 is 0 Å². The highest BCUT2D eigenvalue weighted by Gasteiger charge is 2.32. The Balaban J connectivity index is 2.03. The molecule has 0 amide bonds. The maximum Gasteiger partial charge on any atom is 0.269 e. The second kappa shape index (κ2) is 6.12. The Bertz CT molecular complexity index is 446. The number of hydrogen-bond donors (Lipinski definition) is 1. The molecule has 19 heavy (non-hydrogen) atoms. The summed E-state index contributed by atoms with van der Waals surface area (Å²) in [7, 11) is 1.70. The lowest BCUT2D eigenvalue weighted by Crippen LogP contribution is -2.37. The van der Waals surface area contributed by atoms with Gasteiger partial charge >= 0.3 is 0 Å². The van der Waals surface area contributed by atoms with Crippen LogP contribution in [0.1, 0.15) is 31.4 Å². The topological polar surface area (TPSA) is 64.4 Å². The van der Waals surface area contributed by atoms with Crippen molar-refractivity contribution < 1.29 is 9.66 Å². The monoisotopic (exact) mass is 264 g/mol. The second-order valence-corrected chi connectivity index (χ2v) is 5.14. The van der Waals surface area contributed by atoms with Gasteiger partial charge in [0.2, 0.25) is 0 Å². The molecule has 1 saturated carbocycles. The van der Waals surface area contributed by atoms with Crippen LogP contribution < -0.4 is 5.32 Å². The predicted molar refractivity (Wildman–Crippen MR) is 73.0 cm³/mol. The fraction of sp³-hybridized carbons (Fsp3) is 0.571. The number of ether oxygens (including phenoxy) is 1. The molecule has 5 nitrogen and oxygen atoms in total. The van der Waals surface area contributed by atoms with E-state index < -0.39 is 0 Å². The minimum absolute atomic E-state index is 0.0839. The molecule has 1 aromatic carbocycles. The van der Waals surface area contributed by atoms with E-state index in [2.05, 4.69) is 5.32 Å². The van der Waals surface area contributed by atoms with E-state index in [1.807, 2.05) is 13.0 Å². The molecule has 0 bridgehead atoms. The van der Waals surface area contributed by atoms with Crippen LogP contribution in [0.15, 0.2) is 24.3 Å². The van der Waals surface area contributed by atoms with Gasteiger partial charge in [0.15, 0.2) is 0 Å². The van der Waals surface area contributed by atoms with Gasteiger partial charge in [-0.05, 0) is 31.2 Å². The van der Waals surface area contributed by atoms with Crippen molar-refractivity contribution in [2.45, 2.75) is 31.8 Å². The zero-order chi connectivity index (χ0) is 13.8. The van der Waals surface area contributed by atoms with Crippen LogP contribution in [-0.2, 0) is 4.74 Å². The molecule has 1 N–H and O–H groups in total. The van der Waals surface area contributed by atoms with E-state index in [0.29, 0.717) is 18.6 Å². The average molecular weight is 264 g/mol. The van der Waals surface area contributed by atoms with E-state index in [0.717, 1.165) is 5.56 Å². The van der Waals surface area contributed by atoms with Gasteiger partial charge in [-0.25, -0.2) is 0 Å². The van der Waals surface area contributed by atoms with Crippen molar-refractivity contribution >= 4 is 5.69 Å². The molecule has 2 rings (SSSR count). The van der Waals surface area contributed by atoms with Crippen molar-refractivity contribution in [1.82, 2.24) is 5.32 Å². The van der Waals surface area contributed by atoms with Gasteiger partial charge in [-0.3, -0.25) is 10.1 Å². The van der Waals surface area contributed by atoms with Gasteiger partial charge in [-0.1, -0.05) is 12.1 Å². The molecule has 1 fully saturated rings. The Morgan fingerprint density at radius 3 is 2.84 bits per heavy atom. The average Bonchev–Trinajstić information content (AvgIpc) is 3.22. The highest BCUT2D eigenvalue weighted by molar-refractivity contribution is 5.35.